The summed E-state index contributed by atoms with van der Waals surface area (Å²) in [5.74, 6) is 2.26. The molecule has 1 aromatic carbocycles. The van der Waals surface area contributed by atoms with Gasteiger partial charge in [-0.05, 0) is 32.3 Å². The molecule has 2 aliphatic rings. The van der Waals surface area contributed by atoms with Crippen LogP contribution in [-0.2, 0) is 19.5 Å². The Morgan fingerprint density at radius 2 is 2.08 bits per heavy atom. The molecule has 128 valence electrons. The minimum atomic E-state index is 0.262. The first-order chi connectivity index (χ1) is 11.7. The van der Waals surface area contributed by atoms with Crippen LogP contribution in [0.25, 0.3) is 0 Å². The van der Waals surface area contributed by atoms with Crippen molar-refractivity contribution in [1.29, 1.82) is 0 Å². The lowest BCUT2D eigenvalue weighted by Gasteiger charge is -2.21. The lowest BCUT2D eigenvalue weighted by Crippen LogP contribution is -2.35. The van der Waals surface area contributed by atoms with Gasteiger partial charge in [0.1, 0.15) is 11.6 Å². The molecule has 4 rings (SSSR count). The summed E-state index contributed by atoms with van der Waals surface area (Å²) >= 11 is 0. The standard InChI is InChI=1S/C19H27N5/c1-14-11-17(13-23(14)12-16-7-4-3-5-8-16)20-15(2)19-22-21-18-9-6-10-24(18)19/h3-5,7-8,14-15,17,20H,6,9-13H2,1-2H3/t14-,15+,17+/m1/s1. The van der Waals surface area contributed by atoms with Gasteiger partial charge < -0.3 is 9.88 Å². The largest absolute Gasteiger partial charge is 0.314 e. The van der Waals surface area contributed by atoms with E-state index in [1.807, 2.05) is 0 Å². The summed E-state index contributed by atoms with van der Waals surface area (Å²) in [5, 5.41) is 12.6. The highest BCUT2D eigenvalue weighted by Crippen LogP contribution is 2.24. The van der Waals surface area contributed by atoms with Crippen molar-refractivity contribution in [2.45, 2.75) is 64.3 Å². The molecule has 24 heavy (non-hydrogen) atoms. The summed E-state index contributed by atoms with van der Waals surface area (Å²) in [4.78, 5) is 2.58. The summed E-state index contributed by atoms with van der Waals surface area (Å²) in [5.41, 5.74) is 1.40. The number of rotatable bonds is 5. The van der Waals surface area contributed by atoms with Gasteiger partial charge in [-0.3, -0.25) is 4.90 Å². The van der Waals surface area contributed by atoms with Crippen LogP contribution >= 0.6 is 0 Å². The molecule has 1 aromatic heterocycles. The number of aromatic nitrogens is 3. The van der Waals surface area contributed by atoms with E-state index in [1.165, 1.54) is 18.4 Å². The van der Waals surface area contributed by atoms with Gasteiger partial charge in [0.15, 0.2) is 0 Å². The highest BCUT2D eigenvalue weighted by atomic mass is 15.3. The highest BCUT2D eigenvalue weighted by Gasteiger charge is 2.31. The van der Waals surface area contributed by atoms with Crippen LogP contribution in [0.2, 0.25) is 0 Å². The summed E-state index contributed by atoms with van der Waals surface area (Å²) < 4.78 is 2.30. The van der Waals surface area contributed by atoms with E-state index in [0.29, 0.717) is 12.1 Å². The number of hydrogen-bond donors (Lipinski definition) is 1. The van der Waals surface area contributed by atoms with Crippen molar-refractivity contribution in [2.75, 3.05) is 6.54 Å². The molecule has 5 nitrogen and oxygen atoms in total. The second-order valence-corrected chi connectivity index (χ2v) is 7.31. The van der Waals surface area contributed by atoms with E-state index >= 15 is 0 Å². The van der Waals surface area contributed by atoms with Crippen molar-refractivity contribution >= 4 is 0 Å². The summed E-state index contributed by atoms with van der Waals surface area (Å²) in [6.07, 6.45) is 3.47. The van der Waals surface area contributed by atoms with Crippen LogP contribution in [-0.4, -0.2) is 38.3 Å². The molecule has 0 aliphatic carbocycles. The van der Waals surface area contributed by atoms with Crippen LogP contribution in [0.5, 0.6) is 0 Å². The topological polar surface area (TPSA) is 46.0 Å². The van der Waals surface area contributed by atoms with Crippen LogP contribution in [0, 0.1) is 0 Å². The molecule has 1 saturated heterocycles. The molecule has 0 spiro atoms. The Morgan fingerprint density at radius 1 is 1.25 bits per heavy atom. The normalized spacial score (nSPS) is 25.1. The number of hydrogen-bond acceptors (Lipinski definition) is 4. The number of nitrogens with one attached hydrogen (secondary N) is 1. The lowest BCUT2D eigenvalue weighted by molar-refractivity contribution is 0.255. The van der Waals surface area contributed by atoms with Gasteiger partial charge in [0.05, 0.1) is 6.04 Å². The van der Waals surface area contributed by atoms with E-state index in [9.17, 15) is 0 Å². The zero-order chi connectivity index (χ0) is 16.5. The molecule has 5 heteroatoms. The second kappa shape index (κ2) is 6.65. The van der Waals surface area contributed by atoms with Crippen molar-refractivity contribution in [3.8, 4) is 0 Å². The first-order valence-corrected chi connectivity index (χ1v) is 9.16. The van der Waals surface area contributed by atoms with Crippen molar-refractivity contribution in [1.82, 2.24) is 25.0 Å². The van der Waals surface area contributed by atoms with Gasteiger partial charge in [0.25, 0.3) is 0 Å². The van der Waals surface area contributed by atoms with Crippen molar-refractivity contribution < 1.29 is 0 Å². The van der Waals surface area contributed by atoms with E-state index in [4.69, 9.17) is 0 Å². The maximum atomic E-state index is 4.42. The van der Waals surface area contributed by atoms with Gasteiger partial charge in [0, 0.05) is 38.1 Å². The van der Waals surface area contributed by atoms with E-state index in [0.717, 1.165) is 37.7 Å². The summed E-state index contributed by atoms with van der Waals surface area (Å²) in [7, 11) is 0. The van der Waals surface area contributed by atoms with Gasteiger partial charge in [-0.2, -0.15) is 0 Å². The van der Waals surface area contributed by atoms with Gasteiger partial charge in [-0.1, -0.05) is 30.3 Å². The van der Waals surface area contributed by atoms with Crippen LogP contribution in [0.3, 0.4) is 0 Å². The van der Waals surface area contributed by atoms with E-state index < -0.39 is 0 Å². The quantitative estimate of drug-likeness (QED) is 0.918. The maximum Gasteiger partial charge on any atom is 0.149 e. The zero-order valence-corrected chi connectivity index (χ0v) is 14.7. The fourth-order valence-electron chi connectivity index (χ4n) is 4.18. The third-order valence-corrected chi connectivity index (χ3v) is 5.44. The Bertz CT molecular complexity index is 680. The number of benzene rings is 1. The number of nitrogens with zero attached hydrogens (tertiary/aromatic N) is 4. The molecule has 0 bridgehead atoms. The minimum absolute atomic E-state index is 0.262. The predicted octanol–water partition coefficient (Wildman–Crippen LogP) is 2.54. The van der Waals surface area contributed by atoms with Crippen LogP contribution < -0.4 is 5.32 Å². The van der Waals surface area contributed by atoms with Gasteiger partial charge in [-0.25, -0.2) is 0 Å². The molecular weight excluding hydrogens is 298 g/mol. The van der Waals surface area contributed by atoms with Crippen molar-refractivity contribution in [3.63, 3.8) is 0 Å². The molecule has 0 amide bonds. The Labute approximate surface area is 144 Å². The van der Waals surface area contributed by atoms with Crippen LogP contribution in [0.4, 0.5) is 0 Å². The van der Waals surface area contributed by atoms with E-state index in [1.54, 1.807) is 0 Å². The molecule has 0 saturated carbocycles. The van der Waals surface area contributed by atoms with Gasteiger partial charge in [-0.15, -0.1) is 10.2 Å². The Morgan fingerprint density at radius 3 is 2.92 bits per heavy atom. The Balaban J connectivity index is 1.37. The smallest absolute Gasteiger partial charge is 0.149 e. The number of likely N-dealkylation sites (tertiary alicyclic amines) is 1. The molecular formula is C19H27N5. The molecule has 3 atom stereocenters. The Kier molecular flexibility index (Phi) is 4.37. The summed E-state index contributed by atoms with van der Waals surface area (Å²) in [6, 6.07) is 12.2. The SMILES string of the molecule is C[C@H](N[C@H]1C[C@@H](C)N(Cc2ccccc2)C1)c1nnc2n1CCC2. The average molecular weight is 325 g/mol. The molecule has 3 heterocycles. The fraction of sp³-hybridized carbons (Fsp3) is 0.579. The highest BCUT2D eigenvalue weighted by molar-refractivity contribution is 5.15. The van der Waals surface area contributed by atoms with E-state index in [-0.39, 0.29) is 6.04 Å². The first-order valence-electron chi connectivity index (χ1n) is 9.16. The predicted molar refractivity (Wildman–Crippen MR) is 94.6 cm³/mol. The monoisotopic (exact) mass is 325 g/mol. The summed E-state index contributed by atoms with van der Waals surface area (Å²) in [6.45, 7) is 7.77. The van der Waals surface area contributed by atoms with Gasteiger partial charge >= 0.3 is 0 Å². The van der Waals surface area contributed by atoms with Gasteiger partial charge in [0.2, 0.25) is 0 Å². The molecule has 2 aromatic rings. The molecule has 0 radical (unpaired) electrons. The second-order valence-electron chi connectivity index (χ2n) is 7.31. The van der Waals surface area contributed by atoms with Crippen molar-refractivity contribution in [3.05, 3.63) is 47.5 Å². The number of aryl methyl sites for hydroxylation is 1. The third kappa shape index (κ3) is 3.10. The van der Waals surface area contributed by atoms with Crippen LogP contribution in [0.15, 0.2) is 30.3 Å². The zero-order valence-electron chi connectivity index (χ0n) is 14.7. The molecule has 2 aliphatic heterocycles. The fourth-order valence-corrected chi connectivity index (χ4v) is 4.18. The molecule has 0 unspecified atom stereocenters. The molecule has 1 N–H and O–H groups in total. The maximum absolute atomic E-state index is 4.42. The third-order valence-electron chi connectivity index (χ3n) is 5.44. The molecule has 1 fully saturated rings. The van der Waals surface area contributed by atoms with Crippen LogP contribution in [0.1, 0.15) is 49.9 Å². The number of fused-ring (bicyclic) bond motifs is 1. The van der Waals surface area contributed by atoms with E-state index in [2.05, 4.69) is 69.2 Å². The average Bonchev–Trinajstić information content (AvgIpc) is 3.25. The lowest BCUT2D eigenvalue weighted by atomic mass is 10.1. The minimum Gasteiger partial charge on any atom is -0.314 e. The van der Waals surface area contributed by atoms with Crippen molar-refractivity contribution in [2.24, 2.45) is 0 Å². The first kappa shape index (κ1) is 15.8. The Hall–Kier alpha value is -1.72.